The van der Waals surface area contributed by atoms with Gasteiger partial charge < -0.3 is 9.67 Å². The van der Waals surface area contributed by atoms with Gasteiger partial charge in [-0.25, -0.2) is 4.39 Å². The van der Waals surface area contributed by atoms with Crippen LogP contribution in [0.25, 0.3) is 15.9 Å². The van der Waals surface area contributed by atoms with Crippen molar-refractivity contribution in [3.63, 3.8) is 0 Å². The Morgan fingerprint density at radius 3 is 2.48 bits per heavy atom. The molecule has 5 aromatic rings. The smallest absolute Gasteiger partial charge is 0.323 e. The molecule has 2 aromatic carbocycles. The Kier molecular flexibility index (Phi) is 7.26. The minimum Gasteiger partial charge on any atom is -0.480 e. The van der Waals surface area contributed by atoms with E-state index in [2.05, 4.69) is 10.2 Å². The van der Waals surface area contributed by atoms with E-state index in [4.69, 9.17) is 11.6 Å². The molecule has 0 radical (unpaired) electrons. The number of benzene rings is 2. The third-order valence-corrected chi connectivity index (χ3v) is 8.09. The number of carboxylic acid groups (broad SMARTS) is 1. The Balaban J connectivity index is 1.64. The number of hydrogen-bond acceptors (Lipinski definition) is 6. The first kappa shape index (κ1) is 27.2. The summed E-state index contributed by atoms with van der Waals surface area (Å²) >= 11 is 7.67. The molecule has 1 amide bonds. The number of aliphatic carboxylic acids is 1. The number of aryl methyl sites for hydroxylation is 2. The molecular weight excluding hydrogens is 557 g/mol. The lowest BCUT2D eigenvalue weighted by molar-refractivity contribution is -0.137. The Bertz CT molecular complexity index is 1810. The number of para-hydroxylation sites is 1. The van der Waals surface area contributed by atoms with Crippen LogP contribution >= 0.6 is 22.9 Å². The summed E-state index contributed by atoms with van der Waals surface area (Å²) in [6, 6.07) is 14.8. The zero-order chi connectivity index (χ0) is 28.7. The van der Waals surface area contributed by atoms with Gasteiger partial charge in [-0.15, -0.1) is 21.5 Å². The first-order chi connectivity index (χ1) is 19.1. The Hall–Kier alpha value is -4.35. The number of hydrogen-bond donors (Lipinski definition) is 1. The van der Waals surface area contributed by atoms with Crippen molar-refractivity contribution in [3.05, 3.63) is 93.0 Å². The molecular formula is C28H23ClFN5O4S. The molecule has 9 nitrogen and oxygen atoms in total. The molecule has 0 fully saturated rings. The number of thiophene rings is 1. The van der Waals surface area contributed by atoms with Crippen LogP contribution in [0.4, 0.5) is 10.3 Å². The number of rotatable bonds is 8. The molecule has 0 aliphatic rings. The largest absolute Gasteiger partial charge is 0.480 e. The summed E-state index contributed by atoms with van der Waals surface area (Å²) in [5, 5.41) is 18.7. The average Bonchev–Trinajstić information content (AvgIpc) is 3.61. The molecule has 0 unspecified atom stereocenters. The average molecular weight is 580 g/mol. The topological polar surface area (TPSA) is 110 Å². The van der Waals surface area contributed by atoms with Gasteiger partial charge in [0.15, 0.2) is 11.6 Å². The highest BCUT2D eigenvalue weighted by Crippen LogP contribution is 2.34. The van der Waals surface area contributed by atoms with Gasteiger partial charge in [0.1, 0.15) is 23.1 Å². The molecule has 40 heavy (non-hydrogen) atoms. The summed E-state index contributed by atoms with van der Waals surface area (Å²) in [6.07, 6.45) is 0.652. The molecule has 0 saturated carbocycles. The number of halogens is 2. The van der Waals surface area contributed by atoms with Crippen LogP contribution in [0.3, 0.4) is 0 Å². The first-order valence-corrected chi connectivity index (χ1v) is 13.4. The Morgan fingerprint density at radius 1 is 1.07 bits per heavy atom. The van der Waals surface area contributed by atoms with Crippen LogP contribution in [0, 0.1) is 12.7 Å². The van der Waals surface area contributed by atoms with E-state index in [9.17, 15) is 19.5 Å². The van der Waals surface area contributed by atoms with E-state index in [1.54, 1.807) is 60.0 Å². The van der Waals surface area contributed by atoms with Gasteiger partial charge in [0, 0.05) is 22.9 Å². The van der Waals surface area contributed by atoms with Gasteiger partial charge in [-0.1, -0.05) is 42.8 Å². The van der Waals surface area contributed by atoms with Crippen molar-refractivity contribution in [3.8, 4) is 5.00 Å². The summed E-state index contributed by atoms with van der Waals surface area (Å²) in [5.41, 5.74) is 0.523. The second-order valence-electron chi connectivity index (χ2n) is 9.00. The monoisotopic (exact) mass is 579 g/mol. The van der Waals surface area contributed by atoms with Crippen molar-refractivity contribution in [2.75, 3.05) is 11.9 Å². The SMILES string of the molecule is CCc1cc(C(=O)c2ccccc2Cl)c(-n2c(C)nnc2N(C)C(=O)c2c(F)c3ccccc3n2CC(=O)O)s1. The van der Waals surface area contributed by atoms with Crippen LogP contribution < -0.4 is 4.90 Å². The van der Waals surface area contributed by atoms with Gasteiger partial charge in [-0.05, 0) is 43.7 Å². The lowest BCUT2D eigenvalue weighted by Gasteiger charge is -2.19. The normalized spacial score (nSPS) is 11.2. The minimum absolute atomic E-state index is 0.0340. The fourth-order valence-electron chi connectivity index (χ4n) is 4.55. The van der Waals surface area contributed by atoms with Crippen LogP contribution in [0.5, 0.6) is 0 Å². The molecule has 0 bridgehead atoms. The van der Waals surface area contributed by atoms with E-state index in [0.717, 1.165) is 14.3 Å². The maximum Gasteiger partial charge on any atom is 0.323 e. The number of carboxylic acids is 1. The van der Waals surface area contributed by atoms with Gasteiger partial charge in [-0.2, -0.15) is 0 Å². The van der Waals surface area contributed by atoms with Crippen molar-refractivity contribution >= 4 is 57.4 Å². The van der Waals surface area contributed by atoms with Crippen LogP contribution in [0.15, 0.2) is 54.6 Å². The lowest BCUT2D eigenvalue weighted by Crippen LogP contribution is -2.32. The molecule has 5 rings (SSSR count). The number of anilines is 1. The van der Waals surface area contributed by atoms with Gasteiger partial charge in [-0.3, -0.25) is 23.9 Å². The number of aromatic nitrogens is 4. The molecule has 0 aliphatic carbocycles. The highest BCUT2D eigenvalue weighted by molar-refractivity contribution is 7.15. The zero-order valence-corrected chi connectivity index (χ0v) is 23.3. The molecule has 204 valence electrons. The van der Waals surface area contributed by atoms with Gasteiger partial charge in [0.2, 0.25) is 5.95 Å². The van der Waals surface area contributed by atoms with Crippen LogP contribution in [0.1, 0.15) is 44.0 Å². The van der Waals surface area contributed by atoms with E-state index in [1.807, 2.05) is 6.92 Å². The highest BCUT2D eigenvalue weighted by atomic mass is 35.5. The first-order valence-electron chi connectivity index (χ1n) is 12.2. The zero-order valence-electron chi connectivity index (χ0n) is 21.7. The molecule has 1 N–H and O–H groups in total. The lowest BCUT2D eigenvalue weighted by atomic mass is 10.0. The molecule has 0 saturated heterocycles. The summed E-state index contributed by atoms with van der Waals surface area (Å²) in [7, 11) is 1.40. The van der Waals surface area contributed by atoms with E-state index in [1.165, 1.54) is 24.5 Å². The Morgan fingerprint density at radius 2 is 1.77 bits per heavy atom. The molecule has 0 atom stereocenters. The fraction of sp³-hybridized carbons (Fsp3) is 0.179. The van der Waals surface area contributed by atoms with Crippen LogP contribution in [0.2, 0.25) is 5.02 Å². The number of nitrogens with zero attached hydrogens (tertiary/aromatic N) is 5. The molecule has 0 spiro atoms. The number of carbonyl (C=O) groups excluding carboxylic acids is 2. The van der Waals surface area contributed by atoms with E-state index in [-0.39, 0.29) is 22.6 Å². The van der Waals surface area contributed by atoms with Crippen molar-refractivity contribution in [1.29, 1.82) is 0 Å². The Labute approximate surface area is 237 Å². The van der Waals surface area contributed by atoms with E-state index >= 15 is 4.39 Å². The van der Waals surface area contributed by atoms with Gasteiger partial charge >= 0.3 is 5.97 Å². The van der Waals surface area contributed by atoms with Crippen LogP contribution in [-0.2, 0) is 17.8 Å². The third-order valence-electron chi connectivity index (χ3n) is 6.50. The van der Waals surface area contributed by atoms with E-state index < -0.39 is 29.9 Å². The van der Waals surface area contributed by atoms with Crippen LogP contribution in [-0.4, -0.2) is 49.1 Å². The van der Waals surface area contributed by atoms with E-state index in [0.29, 0.717) is 33.4 Å². The maximum atomic E-state index is 15.6. The molecule has 0 aliphatic heterocycles. The number of ketones is 1. The second kappa shape index (κ2) is 10.7. The molecule has 3 aromatic heterocycles. The minimum atomic E-state index is -1.23. The quantitative estimate of drug-likeness (QED) is 0.242. The van der Waals surface area contributed by atoms with Crippen molar-refractivity contribution in [2.45, 2.75) is 26.8 Å². The maximum absolute atomic E-state index is 15.6. The number of amides is 1. The summed E-state index contributed by atoms with van der Waals surface area (Å²) in [4.78, 5) is 41.0. The van der Waals surface area contributed by atoms with Crippen molar-refractivity contribution in [1.82, 2.24) is 19.3 Å². The molecule has 12 heteroatoms. The van der Waals surface area contributed by atoms with Crippen molar-refractivity contribution < 1.29 is 23.9 Å². The van der Waals surface area contributed by atoms with Gasteiger partial charge in [0.05, 0.1) is 16.1 Å². The summed E-state index contributed by atoms with van der Waals surface area (Å²) in [6.45, 7) is 3.01. The fourth-order valence-corrected chi connectivity index (χ4v) is 5.91. The third kappa shape index (κ3) is 4.56. The highest BCUT2D eigenvalue weighted by Gasteiger charge is 2.31. The second-order valence-corrected chi connectivity index (χ2v) is 10.5. The molecule has 3 heterocycles. The van der Waals surface area contributed by atoms with Gasteiger partial charge in [0.25, 0.3) is 5.91 Å². The predicted octanol–water partition coefficient (Wildman–Crippen LogP) is 5.54. The summed E-state index contributed by atoms with van der Waals surface area (Å²) in [5.74, 6) is -2.78. The number of fused-ring (bicyclic) bond motifs is 1. The summed E-state index contributed by atoms with van der Waals surface area (Å²) < 4.78 is 18.3. The predicted molar refractivity (Wildman–Crippen MR) is 151 cm³/mol. The number of carbonyl (C=O) groups is 3. The van der Waals surface area contributed by atoms with Crippen molar-refractivity contribution in [2.24, 2.45) is 0 Å². The standard InChI is InChI=1S/C28H23ClFN5O4S/c1-4-16-13-19(25(38)17-9-5-7-11-20(17)29)27(40-16)35-15(2)31-32-28(35)33(3)26(39)24-23(30)18-10-6-8-12-21(18)34(24)14-22(36)37/h5-13H,4,14H2,1-3H3,(H,36,37).